The van der Waals surface area contributed by atoms with Crippen LogP contribution >= 0.6 is 0 Å². The first kappa shape index (κ1) is 11.5. The van der Waals surface area contributed by atoms with Gasteiger partial charge in [0, 0.05) is 16.8 Å². The molecule has 18 heavy (non-hydrogen) atoms. The lowest BCUT2D eigenvalue weighted by molar-refractivity contribution is 0.796. The lowest BCUT2D eigenvalue weighted by Crippen LogP contribution is -1.99. The maximum atomic E-state index is 6.33. The van der Waals surface area contributed by atoms with Crippen LogP contribution in [-0.2, 0) is 19.3 Å². The fourth-order valence-corrected chi connectivity index (χ4v) is 2.88. The first-order valence-electron chi connectivity index (χ1n) is 6.99. The molecule has 0 fully saturated rings. The summed E-state index contributed by atoms with van der Waals surface area (Å²) in [6.45, 7) is 2.23. The molecule has 2 N–H and O–H groups in total. The summed E-state index contributed by atoms with van der Waals surface area (Å²) in [6, 6.07) is 6.58. The van der Waals surface area contributed by atoms with Crippen molar-refractivity contribution in [2.75, 3.05) is 5.73 Å². The second-order valence-corrected chi connectivity index (χ2v) is 5.26. The molecule has 0 radical (unpaired) electrons. The highest BCUT2D eigenvalue weighted by atomic mass is 14.7. The molecule has 2 nitrogen and oxygen atoms in total. The van der Waals surface area contributed by atoms with Crippen molar-refractivity contribution in [1.29, 1.82) is 0 Å². The third-order valence-electron chi connectivity index (χ3n) is 3.94. The molecule has 0 atom stereocenters. The van der Waals surface area contributed by atoms with Gasteiger partial charge in [0.2, 0.25) is 0 Å². The molecule has 0 saturated carbocycles. The highest BCUT2D eigenvalue weighted by molar-refractivity contribution is 5.92. The standard InChI is InChI=1S/C16H20N2/c1-2-3-5-11-8-9-15-13(10-11)16(17)12-6-4-7-14(12)18-15/h8-10H,2-7H2,1H3,(H2,17,18). The average Bonchev–Trinajstić information content (AvgIpc) is 2.85. The van der Waals surface area contributed by atoms with Gasteiger partial charge in [-0.2, -0.15) is 0 Å². The molecule has 0 spiro atoms. The number of unbranched alkanes of at least 4 members (excludes halogenated alkanes) is 1. The van der Waals surface area contributed by atoms with Gasteiger partial charge in [-0.3, -0.25) is 4.98 Å². The van der Waals surface area contributed by atoms with Gasteiger partial charge < -0.3 is 5.73 Å². The molecule has 94 valence electrons. The van der Waals surface area contributed by atoms with Crippen LogP contribution in [-0.4, -0.2) is 4.98 Å². The lowest BCUT2D eigenvalue weighted by Gasteiger charge is -2.09. The summed E-state index contributed by atoms with van der Waals surface area (Å²) in [4.78, 5) is 4.76. The summed E-state index contributed by atoms with van der Waals surface area (Å²) < 4.78 is 0. The number of benzene rings is 1. The smallest absolute Gasteiger partial charge is 0.0726 e. The maximum absolute atomic E-state index is 6.33. The monoisotopic (exact) mass is 240 g/mol. The lowest BCUT2D eigenvalue weighted by atomic mass is 10.0. The Kier molecular flexibility index (Phi) is 2.94. The molecular weight excluding hydrogens is 220 g/mol. The minimum absolute atomic E-state index is 0.978. The van der Waals surface area contributed by atoms with Crippen LogP contribution in [0.2, 0.25) is 0 Å². The number of aromatic nitrogens is 1. The van der Waals surface area contributed by atoms with Crippen LogP contribution in [0, 0.1) is 0 Å². The minimum atomic E-state index is 0.978. The predicted octanol–water partition coefficient (Wildman–Crippen LogP) is 3.65. The first-order chi connectivity index (χ1) is 8.79. The van der Waals surface area contributed by atoms with Crippen molar-refractivity contribution in [2.45, 2.75) is 45.4 Å². The van der Waals surface area contributed by atoms with Crippen LogP contribution in [0.3, 0.4) is 0 Å². The van der Waals surface area contributed by atoms with E-state index in [-0.39, 0.29) is 0 Å². The van der Waals surface area contributed by atoms with E-state index in [0.29, 0.717) is 0 Å². The Balaban J connectivity index is 2.10. The Morgan fingerprint density at radius 2 is 2.17 bits per heavy atom. The Morgan fingerprint density at radius 3 is 3.00 bits per heavy atom. The largest absolute Gasteiger partial charge is 0.398 e. The number of pyridine rings is 1. The molecule has 0 aliphatic heterocycles. The third-order valence-corrected chi connectivity index (χ3v) is 3.94. The molecular formula is C16H20N2. The van der Waals surface area contributed by atoms with Crippen LogP contribution in [0.25, 0.3) is 10.9 Å². The maximum Gasteiger partial charge on any atom is 0.0726 e. The van der Waals surface area contributed by atoms with E-state index in [4.69, 9.17) is 10.7 Å². The van der Waals surface area contributed by atoms with Gasteiger partial charge >= 0.3 is 0 Å². The molecule has 1 aliphatic rings. The first-order valence-corrected chi connectivity index (χ1v) is 6.99. The van der Waals surface area contributed by atoms with Crippen LogP contribution in [0.1, 0.15) is 43.0 Å². The van der Waals surface area contributed by atoms with Crippen molar-refractivity contribution in [2.24, 2.45) is 0 Å². The van der Waals surface area contributed by atoms with E-state index >= 15 is 0 Å². The fourth-order valence-electron chi connectivity index (χ4n) is 2.88. The zero-order valence-corrected chi connectivity index (χ0v) is 11.0. The van der Waals surface area contributed by atoms with E-state index in [0.717, 1.165) is 35.9 Å². The number of aryl methyl sites for hydroxylation is 2. The van der Waals surface area contributed by atoms with Gasteiger partial charge in [-0.05, 0) is 55.4 Å². The van der Waals surface area contributed by atoms with Crippen molar-refractivity contribution in [1.82, 2.24) is 4.98 Å². The molecule has 0 saturated heterocycles. The van der Waals surface area contributed by atoms with E-state index in [1.807, 2.05) is 0 Å². The van der Waals surface area contributed by atoms with Crippen LogP contribution in [0.15, 0.2) is 18.2 Å². The number of anilines is 1. The normalized spacial score (nSPS) is 14.1. The SMILES string of the molecule is CCCCc1ccc2nc3c(c(N)c2c1)CCC3. The Hall–Kier alpha value is -1.57. The van der Waals surface area contributed by atoms with Crippen molar-refractivity contribution in [3.63, 3.8) is 0 Å². The van der Waals surface area contributed by atoms with Gasteiger partial charge in [-0.15, -0.1) is 0 Å². The zero-order chi connectivity index (χ0) is 12.5. The summed E-state index contributed by atoms with van der Waals surface area (Å²) in [5.74, 6) is 0. The quantitative estimate of drug-likeness (QED) is 0.889. The molecule has 1 heterocycles. The second-order valence-electron chi connectivity index (χ2n) is 5.26. The summed E-state index contributed by atoms with van der Waals surface area (Å²) in [5, 5.41) is 1.16. The molecule has 0 unspecified atom stereocenters. The van der Waals surface area contributed by atoms with Crippen molar-refractivity contribution in [3.05, 3.63) is 35.0 Å². The van der Waals surface area contributed by atoms with E-state index in [9.17, 15) is 0 Å². The van der Waals surface area contributed by atoms with E-state index < -0.39 is 0 Å². The second kappa shape index (κ2) is 4.60. The summed E-state index contributed by atoms with van der Waals surface area (Å²) in [6.07, 6.45) is 7.00. The predicted molar refractivity (Wildman–Crippen MR) is 76.8 cm³/mol. The molecule has 1 aliphatic carbocycles. The van der Waals surface area contributed by atoms with Gasteiger partial charge in [0.1, 0.15) is 0 Å². The van der Waals surface area contributed by atoms with Gasteiger partial charge in [-0.25, -0.2) is 0 Å². The number of nitrogen functional groups attached to an aromatic ring is 1. The number of nitrogens with zero attached hydrogens (tertiary/aromatic N) is 1. The van der Waals surface area contributed by atoms with Crippen LogP contribution in [0.4, 0.5) is 5.69 Å². The molecule has 0 amide bonds. The third kappa shape index (κ3) is 1.86. The van der Waals surface area contributed by atoms with Gasteiger partial charge in [0.05, 0.1) is 5.52 Å². The topological polar surface area (TPSA) is 38.9 Å². The number of nitrogens with two attached hydrogens (primary N) is 1. The van der Waals surface area contributed by atoms with E-state index in [1.165, 1.54) is 36.1 Å². The number of rotatable bonds is 3. The average molecular weight is 240 g/mol. The number of hydrogen-bond acceptors (Lipinski definition) is 2. The van der Waals surface area contributed by atoms with Gasteiger partial charge in [0.15, 0.2) is 0 Å². The van der Waals surface area contributed by atoms with Crippen molar-refractivity contribution >= 4 is 16.6 Å². The Labute approximate surface area is 108 Å². The minimum Gasteiger partial charge on any atom is -0.398 e. The fraction of sp³-hybridized carbons (Fsp3) is 0.438. The molecule has 1 aromatic carbocycles. The molecule has 2 aromatic rings. The molecule has 3 rings (SSSR count). The zero-order valence-electron chi connectivity index (χ0n) is 11.0. The summed E-state index contributed by atoms with van der Waals surface area (Å²) >= 11 is 0. The van der Waals surface area contributed by atoms with E-state index in [2.05, 4.69) is 25.1 Å². The van der Waals surface area contributed by atoms with Gasteiger partial charge in [-0.1, -0.05) is 19.4 Å². The Morgan fingerprint density at radius 1 is 1.28 bits per heavy atom. The van der Waals surface area contributed by atoms with Crippen molar-refractivity contribution < 1.29 is 0 Å². The highest BCUT2D eigenvalue weighted by Gasteiger charge is 2.17. The molecule has 2 heteroatoms. The Bertz CT molecular complexity index is 587. The summed E-state index contributed by atoms with van der Waals surface area (Å²) in [7, 11) is 0. The molecule has 1 aromatic heterocycles. The highest BCUT2D eigenvalue weighted by Crippen LogP contribution is 2.32. The molecule has 0 bridgehead atoms. The van der Waals surface area contributed by atoms with Gasteiger partial charge in [0.25, 0.3) is 0 Å². The van der Waals surface area contributed by atoms with Crippen LogP contribution in [0.5, 0.6) is 0 Å². The number of hydrogen-bond donors (Lipinski definition) is 1. The van der Waals surface area contributed by atoms with Crippen LogP contribution < -0.4 is 5.73 Å². The summed E-state index contributed by atoms with van der Waals surface area (Å²) in [5.41, 5.74) is 12.3. The van der Waals surface area contributed by atoms with E-state index in [1.54, 1.807) is 0 Å². The van der Waals surface area contributed by atoms with Crippen molar-refractivity contribution in [3.8, 4) is 0 Å². The number of fused-ring (bicyclic) bond motifs is 2.